The zero-order valence-electron chi connectivity index (χ0n) is 4.77. The molecule has 0 aromatic carbocycles. The summed E-state index contributed by atoms with van der Waals surface area (Å²) >= 11 is 2.11. The first-order valence-corrected chi connectivity index (χ1v) is 3.63. The van der Waals surface area contributed by atoms with Crippen LogP contribution >= 0.6 is 22.6 Å². The number of hydrogen-bond donors (Lipinski definition) is 0. The molecule has 0 spiro atoms. The molecule has 10 heavy (non-hydrogen) atoms. The summed E-state index contributed by atoms with van der Waals surface area (Å²) in [5.74, 6) is 0. The van der Waals surface area contributed by atoms with Gasteiger partial charge in [0, 0.05) is 0 Å². The van der Waals surface area contributed by atoms with E-state index < -0.39 is 0 Å². The minimum Gasteiger partial charge on any atom is -0.258 e. The second kappa shape index (κ2) is 2.11. The van der Waals surface area contributed by atoms with Gasteiger partial charge in [0.1, 0.15) is 3.70 Å². The van der Waals surface area contributed by atoms with Crippen molar-refractivity contribution in [3.63, 3.8) is 0 Å². The van der Waals surface area contributed by atoms with Crippen molar-refractivity contribution in [3.05, 3.63) is 16.1 Å². The monoisotopic (exact) mass is 247 g/mol. The summed E-state index contributed by atoms with van der Waals surface area (Å²) in [6.45, 7) is 0. The molecule has 0 aliphatic rings. The molecule has 0 atom stereocenters. The lowest BCUT2D eigenvalue weighted by atomic mass is 10.7. The van der Waals surface area contributed by atoms with Crippen molar-refractivity contribution in [2.45, 2.75) is 0 Å². The third kappa shape index (κ3) is 0.753. The lowest BCUT2D eigenvalue weighted by Crippen LogP contribution is -1.93. The van der Waals surface area contributed by atoms with E-state index in [1.807, 2.05) is 0 Å². The first kappa shape index (κ1) is 5.96. The Balaban J connectivity index is 2.95. The summed E-state index contributed by atoms with van der Waals surface area (Å²) in [6, 6.07) is 0. The van der Waals surface area contributed by atoms with Crippen LogP contribution in [0.5, 0.6) is 0 Å². The average Bonchev–Trinajstić information content (AvgIpc) is 2.36. The molecule has 2 aromatic rings. The van der Waals surface area contributed by atoms with Crippen LogP contribution in [-0.2, 0) is 0 Å². The van der Waals surface area contributed by atoms with Crippen LogP contribution in [0.4, 0.5) is 0 Å². The fourth-order valence-electron chi connectivity index (χ4n) is 0.647. The summed E-state index contributed by atoms with van der Waals surface area (Å²) < 4.78 is 2.52. The molecule has 0 saturated carbocycles. The van der Waals surface area contributed by atoms with Gasteiger partial charge in [-0.15, -0.1) is 5.10 Å². The van der Waals surface area contributed by atoms with Gasteiger partial charge >= 0.3 is 0 Å². The van der Waals surface area contributed by atoms with Crippen LogP contribution in [0, 0.1) is 3.70 Å². The Morgan fingerprint density at radius 2 is 2.30 bits per heavy atom. The molecule has 0 fully saturated rings. The Labute approximate surface area is 69.6 Å². The van der Waals surface area contributed by atoms with Gasteiger partial charge in [0.25, 0.3) is 0 Å². The molecule has 2 rings (SSSR count). The van der Waals surface area contributed by atoms with Crippen LogP contribution in [0.1, 0.15) is 0 Å². The molecule has 50 valence electrons. The van der Waals surface area contributed by atoms with E-state index in [2.05, 4.69) is 43.1 Å². The number of nitrogens with zero attached hydrogens (tertiary/aromatic N) is 5. The van der Waals surface area contributed by atoms with Crippen molar-refractivity contribution in [3.8, 4) is 0 Å². The fraction of sp³-hybridized carbons (Fsp3) is 0. The topological polar surface area (TPSA) is 56.0 Å². The van der Waals surface area contributed by atoms with Crippen molar-refractivity contribution in [1.82, 2.24) is 25.0 Å². The van der Waals surface area contributed by atoms with Crippen LogP contribution < -0.4 is 0 Å². The fourth-order valence-corrected chi connectivity index (χ4v) is 1.15. The molecule has 2 aromatic heterocycles. The standard InChI is InChI=1S/C4H2IN5/c5-3-1-6-2-4-7-8-9-10(3)4/h1-2H. The smallest absolute Gasteiger partial charge is 0.198 e. The minimum atomic E-state index is 0.673. The van der Waals surface area contributed by atoms with Gasteiger partial charge < -0.3 is 0 Å². The molecular weight excluding hydrogens is 245 g/mol. The van der Waals surface area contributed by atoms with Gasteiger partial charge in [-0.2, -0.15) is 4.52 Å². The van der Waals surface area contributed by atoms with Crippen LogP contribution in [0.25, 0.3) is 5.65 Å². The van der Waals surface area contributed by atoms with E-state index >= 15 is 0 Å². The van der Waals surface area contributed by atoms with Crippen LogP contribution in [0.15, 0.2) is 12.4 Å². The van der Waals surface area contributed by atoms with Gasteiger partial charge in [0.15, 0.2) is 5.65 Å². The van der Waals surface area contributed by atoms with Crippen molar-refractivity contribution in [2.75, 3.05) is 0 Å². The number of fused-ring (bicyclic) bond motifs is 1. The maximum Gasteiger partial charge on any atom is 0.198 e. The van der Waals surface area contributed by atoms with Crippen molar-refractivity contribution >= 4 is 28.2 Å². The number of rotatable bonds is 0. The van der Waals surface area contributed by atoms with Crippen LogP contribution in [0.3, 0.4) is 0 Å². The van der Waals surface area contributed by atoms with E-state index in [0.717, 1.165) is 3.70 Å². The molecule has 2 heterocycles. The second-order valence-electron chi connectivity index (χ2n) is 1.68. The summed E-state index contributed by atoms with van der Waals surface area (Å²) in [5, 5.41) is 10.9. The zero-order chi connectivity index (χ0) is 6.97. The highest BCUT2D eigenvalue weighted by molar-refractivity contribution is 14.1. The normalized spacial score (nSPS) is 10.5. The third-order valence-electron chi connectivity index (χ3n) is 1.07. The summed E-state index contributed by atoms with van der Waals surface area (Å²) in [6.07, 6.45) is 3.31. The molecule has 0 aliphatic carbocycles. The van der Waals surface area contributed by atoms with Crippen molar-refractivity contribution in [1.29, 1.82) is 0 Å². The zero-order valence-corrected chi connectivity index (χ0v) is 6.93. The van der Waals surface area contributed by atoms with Gasteiger partial charge in [-0.05, 0) is 33.0 Å². The van der Waals surface area contributed by atoms with E-state index in [9.17, 15) is 0 Å². The van der Waals surface area contributed by atoms with Gasteiger partial charge in [0.05, 0.1) is 12.4 Å². The quantitative estimate of drug-likeness (QED) is 0.620. The van der Waals surface area contributed by atoms with Gasteiger partial charge in [-0.25, -0.2) is 0 Å². The molecule has 0 unspecified atom stereocenters. The highest BCUT2D eigenvalue weighted by Gasteiger charge is 1.97. The molecule has 6 heteroatoms. The lowest BCUT2D eigenvalue weighted by Gasteiger charge is -1.89. The molecular formula is C4H2IN5. The number of tetrazole rings is 1. The van der Waals surface area contributed by atoms with E-state index in [1.165, 1.54) is 0 Å². The molecule has 0 radical (unpaired) electrons. The van der Waals surface area contributed by atoms with Crippen molar-refractivity contribution in [2.24, 2.45) is 0 Å². The first-order valence-electron chi connectivity index (χ1n) is 2.55. The minimum absolute atomic E-state index is 0.673. The van der Waals surface area contributed by atoms with Gasteiger partial charge in [0.2, 0.25) is 0 Å². The predicted octanol–water partition coefficient (Wildman–Crippen LogP) is 0.124. The van der Waals surface area contributed by atoms with Gasteiger partial charge in [-0.3, -0.25) is 4.98 Å². The Bertz CT molecular complexity index is 355. The number of aromatic nitrogens is 5. The van der Waals surface area contributed by atoms with E-state index in [1.54, 1.807) is 16.9 Å². The summed E-state index contributed by atoms with van der Waals surface area (Å²) in [7, 11) is 0. The van der Waals surface area contributed by atoms with E-state index in [0.29, 0.717) is 5.65 Å². The highest BCUT2D eigenvalue weighted by atomic mass is 127. The summed E-state index contributed by atoms with van der Waals surface area (Å²) in [4.78, 5) is 3.91. The lowest BCUT2D eigenvalue weighted by molar-refractivity contribution is 0.806. The molecule has 0 amide bonds. The molecule has 0 bridgehead atoms. The van der Waals surface area contributed by atoms with Gasteiger partial charge in [-0.1, -0.05) is 0 Å². The summed E-state index contributed by atoms with van der Waals surface area (Å²) in [5.41, 5.74) is 0.673. The Kier molecular flexibility index (Phi) is 1.26. The maximum absolute atomic E-state index is 3.91. The van der Waals surface area contributed by atoms with E-state index in [-0.39, 0.29) is 0 Å². The van der Waals surface area contributed by atoms with E-state index in [4.69, 9.17) is 0 Å². The molecule has 0 aliphatic heterocycles. The first-order chi connectivity index (χ1) is 4.88. The van der Waals surface area contributed by atoms with Crippen molar-refractivity contribution < 1.29 is 0 Å². The number of halogens is 1. The molecule has 0 N–H and O–H groups in total. The highest BCUT2D eigenvalue weighted by Crippen LogP contribution is 2.01. The predicted molar refractivity (Wildman–Crippen MR) is 41.3 cm³/mol. The van der Waals surface area contributed by atoms with Crippen LogP contribution in [-0.4, -0.2) is 25.0 Å². The third-order valence-corrected chi connectivity index (χ3v) is 1.80. The SMILES string of the molecule is Ic1cncc2nnnn12. The Morgan fingerprint density at radius 1 is 1.40 bits per heavy atom. The Morgan fingerprint density at radius 3 is 3.10 bits per heavy atom. The average molecular weight is 247 g/mol. The number of hydrogen-bond acceptors (Lipinski definition) is 4. The second-order valence-corrected chi connectivity index (χ2v) is 2.78. The van der Waals surface area contributed by atoms with Crippen LogP contribution in [0.2, 0.25) is 0 Å². The maximum atomic E-state index is 3.91. The largest absolute Gasteiger partial charge is 0.258 e. The Hall–Kier alpha value is -0.790. The molecule has 5 nitrogen and oxygen atoms in total. The molecule has 0 saturated heterocycles.